The first kappa shape index (κ1) is 14.5. The van der Waals surface area contributed by atoms with E-state index in [-0.39, 0.29) is 5.11 Å². The van der Waals surface area contributed by atoms with E-state index in [1.165, 1.54) is 10.0 Å². The number of hydrogen-bond acceptors (Lipinski definition) is 6. The molecular weight excluding hydrogens is 302 g/mol. The summed E-state index contributed by atoms with van der Waals surface area (Å²) in [6.07, 6.45) is 0. The van der Waals surface area contributed by atoms with E-state index in [1.54, 1.807) is 37.3 Å². The zero-order valence-electron chi connectivity index (χ0n) is 10.5. The Balaban J connectivity index is 2.48. The maximum atomic E-state index is 11.4. The maximum absolute atomic E-state index is 11.4. The number of nitrogens with one attached hydrogen (secondary N) is 1. The van der Waals surface area contributed by atoms with Crippen molar-refractivity contribution in [3.8, 4) is 0 Å². The molecule has 0 spiro atoms. The molecule has 0 radical (unpaired) electrons. The van der Waals surface area contributed by atoms with E-state index in [0.29, 0.717) is 11.5 Å². The number of hydrogen-bond donors (Lipinski definition) is 3. The van der Waals surface area contributed by atoms with Crippen molar-refractivity contribution in [3.63, 3.8) is 0 Å². The van der Waals surface area contributed by atoms with Crippen LogP contribution in [0.2, 0.25) is 0 Å². The SMILES string of the molecule is CC1=NNC(S(=O)(=O)O)N1N(C(N)=S)c1ccccc1. The third-order valence-corrected chi connectivity index (χ3v) is 3.64. The van der Waals surface area contributed by atoms with Gasteiger partial charge in [0.25, 0.3) is 5.50 Å². The lowest BCUT2D eigenvalue weighted by molar-refractivity contribution is 0.350. The lowest BCUT2D eigenvalue weighted by Crippen LogP contribution is -2.58. The first-order valence-corrected chi connectivity index (χ1v) is 7.43. The summed E-state index contributed by atoms with van der Waals surface area (Å²) in [6, 6.07) is 8.69. The predicted octanol–water partition coefficient (Wildman–Crippen LogP) is 0.0616. The zero-order chi connectivity index (χ0) is 14.9. The summed E-state index contributed by atoms with van der Waals surface area (Å²) in [5, 5.41) is 6.17. The number of amidine groups is 1. The Labute approximate surface area is 121 Å². The molecule has 0 aromatic heterocycles. The maximum Gasteiger partial charge on any atom is 0.309 e. The lowest BCUT2D eigenvalue weighted by atomic mass is 10.3. The van der Waals surface area contributed by atoms with E-state index in [1.807, 2.05) is 0 Å². The van der Waals surface area contributed by atoms with Crippen LogP contribution in [0.3, 0.4) is 0 Å². The third kappa shape index (κ3) is 2.66. The normalized spacial score (nSPS) is 18.4. The summed E-state index contributed by atoms with van der Waals surface area (Å²) in [4.78, 5) is 0. The molecule has 2 rings (SSSR count). The highest BCUT2D eigenvalue weighted by molar-refractivity contribution is 7.86. The van der Waals surface area contributed by atoms with Crippen LogP contribution in [0.4, 0.5) is 5.69 Å². The fourth-order valence-corrected chi connectivity index (χ4v) is 2.67. The molecule has 0 saturated carbocycles. The lowest BCUT2D eigenvalue weighted by Gasteiger charge is -2.35. The Morgan fingerprint density at radius 2 is 2.10 bits per heavy atom. The predicted molar refractivity (Wildman–Crippen MR) is 79.1 cm³/mol. The number of nitrogens with zero attached hydrogens (tertiary/aromatic N) is 3. The van der Waals surface area contributed by atoms with E-state index in [9.17, 15) is 13.0 Å². The smallest absolute Gasteiger partial charge is 0.309 e. The number of para-hydroxylation sites is 1. The van der Waals surface area contributed by atoms with Crippen molar-refractivity contribution in [3.05, 3.63) is 30.3 Å². The Bertz CT molecular complexity index is 646. The fourth-order valence-electron chi connectivity index (χ4n) is 1.79. The highest BCUT2D eigenvalue weighted by Gasteiger charge is 2.40. The monoisotopic (exact) mass is 315 g/mol. The second-order valence-electron chi connectivity index (χ2n) is 3.99. The van der Waals surface area contributed by atoms with Crippen LogP contribution in [0.1, 0.15) is 6.92 Å². The molecule has 1 aromatic rings. The topological polar surface area (TPSA) is 111 Å². The van der Waals surface area contributed by atoms with E-state index < -0.39 is 15.6 Å². The van der Waals surface area contributed by atoms with Gasteiger partial charge in [-0.15, -0.1) is 0 Å². The molecule has 1 aliphatic rings. The van der Waals surface area contributed by atoms with Crippen LogP contribution >= 0.6 is 12.2 Å². The number of rotatable bonds is 3. The van der Waals surface area contributed by atoms with Gasteiger partial charge in [0, 0.05) is 0 Å². The number of nitrogens with two attached hydrogens (primary N) is 1. The van der Waals surface area contributed by atoms with Gasteiger partial charge in [-0.3, -0.25) is 9.98 Å². The number of hydrazone groups is 1. The molecule has 20 heavy (non-hydrogen) atoms. The van der Waals surface area contributed by atoms with Gasteiger partial charge < -0.3 is 5.73 Å². The van der Waals surface area contributed by atoms with Gasteiger partial charge in [-0.1, -0.05) is 18.2 Å². The minimum absolute atomic E-state index is 0.0805. The van der Waals surface area contributed by atoms with Crippen molar-refractivity contribution >= 4 is 39.0 Å². The van der Waals surface area contributed by atoms with Crippen LogP contribution in [-0.4, -0.2) is 34.4 Å². The molecule has 0 fully saturated rings. The van der Waals surface area contributed by atoms with Crippen molar-refractivity contribution < 1.29 is 13.0 Å². The molecule has 0 aliphatic carbocycles. The van der Waals surface area contributed by atoms with E-state index in [0.717, 1.165) is 0 Å². The first-order valence-electron chi connectivity index (χ1n) is 5.52. The van der Waals surface area contributed by atoms with Crippen LogP contribution in [0.15, 0.2) is 35.4 Å². The Morgan fingerprint density at radius 3 is 2.60 bits per heavy atom. The highest BCUT2D eigenvalue weighted by atomic mass is 32.2. The van der Waals surface area contributed by atoms with Gasteiger partial charge in [0.1, 0.15) is 5.84 Å². The molecule has 0 saturated heterocycles. The minimum atomic E-state index is -4.43. The standard InChI is InChI=1S/C10H13N5O3S2/c1-7-12-13-10(20(16,17)18)14(7)15(9(11)19)8-5-3-2-4-6-8/h2-6,10,13H,1H3,(H2,11,19)(H,16,17,18). The average molecular weight is 315 g/mol. The van der Waals surface area contributed by atoms with Crippen molar-refractivity contribution in [1.82, 2.24) is 10.4 Å². The number of benzene rings is 1. The van der Waals surface area contributed by atoms with E-state index in [2.05, 4.69) is 10.5 Å². The number of hydrazine groups is 1. The summed E-state index contributed by atoms with van der Waals surface area (Å²) in [6.45, 7) is 1.56. The van der Waals surface area contributed by atoms with E-state index in [4.69, 9.17) is 18.0 Å². The third-order valence-electron chi connectivity index (χ3n) is 2.60. The highest BCUT2D eigenvalue weighted by Crippen LogP contribution is 2.22. The van der Waals surface area contributed by atoms with Gasteiger partial charge in [0.15, 0.2) is 5.11 Å². The first-order chi connectivity index (χ1) is 9.32. The molecule has 1 aromatic carbocycles. The molecule has 4 N–H and O–H groups in total. The van der Waals surface area contributed by atoms with Gasteiger partial charge in [-0.2, -0.15) is 13.5 Å². The summed E-state index contributed by atoms with van der Waals surface area (Å²) in [5.74, 6) is 0.296. The molecular formula is C10H13N5O3S2. The van der Waals surface area contributed by atoms with Crippen LogP contribution in [-0.2, 0) is 10.1 Å². The number of anilines is 1. The van der Waals surface area contributed by atoms with Crippen LogP contribution in [0.25, 0.3) is 0 Å². The Morgan fingerprint density at radius 1 is 1.50 bits per heavy atom. The van der Waals surface area contributed by atoms with Gasteiger partial charge >= 0.3 is 10.1 Å². The Kier molecular flexibility index (Phi) is 3.79. The van der Waals surface area contributed by atoms with E-state index >= 15 is 0 Å². The molecule has 0 bridgehead atoms. The largest absolute Gasteiger partial charge is 0.374 e. The van der Waals surface area contributed by atoms with Crippen molar-refractivity contribution in [2.75, 3.05) is 5.01 Å². The molecule has 0 amide bonds. The summed E-state index contributed by atoms with van der Waals surface area (Å²) < 4.78 is 32.1. The Hall–Kier alpha value is -1.91. The summed E-state index contributed by atoms with van der Waals surface area (Å²) >= 11 is 4.97. The van der Waals surface area contributed by atoms with Gasteiger partial charge in [0.05, 0.1) is 5.69 Å². The van der Waals surface area contributed by atoms with Crippen LogP contribution in [0, 0.1) is 0 Å². The fraction of sp³-hybridized carbons (Fsp3) is 0.200. The molecule has 8 nitrogen and oxygen atoms in total. The summed E-state index contributed by atoms with van der Waals surface area (Å²) in [7, 11) is -4.43. The van der Waals surface area contributed by atoms with Gasteiger partial charge in [0.2, 0.25) is 0 Å². The second kappa shape index (κ2) is 5.23. The second-order valence-corrected chi connectivity index (χ2v) is 5.88. The molecule has 10 heteroatoms. The molecule has 1 aliphatic heterocycles. The average Bonchev–Trinajstić information content (AvgIpc) is 2.73. The molecule has 1 unspecified atom stereocenters. The quantitative estimate of drug-likeness (QED) is 0.530. The van der Waals surface area contributed by atoms with Crippen molar-refractivity contribution in [2.24, 2.45) is 10.8 Å². The van der Waals surface area contributed by atoms with Crippen LogP contribution in [0.5, 0.6) is 0 Å². The number of thiocarbonyl (C=S) groups is 1. The van der Waals surface area contributed by atoms with Gasteiger partial charge in [-0.05, 0) is 31.3 Å². The minimum Gasteiger partial charge on any atom is -0.374 e. The van der Waals surface area contributed by atoms with Crippen molar-refractivity contribution in [2.45, 2.75) is 12.4 Å². The zero-order valence-corrected chi connectivity index (χ0v) is 12.1. The van der Waals surface area contributed by atoms with Gasteiger partial charge in [-0.25, -0.2) is 10.0 Å². The van der Waals surface area contributed by atoms with Crippen molar-refractivity contribution in [1.29, 1.82) is 0 Å². The van der Waals surface area contributed by atoms with Crippen LogP contribution < -0.4 is 16.2 Å². The molecule has 1 atom stereocenters. The molecule has 108 valence electrons. The summed E-state index contributed by atoms with van der Waals surface area (Å²) in [5.41, 5.74) is 7.06. The molecule has 1 heterocycles.